The summed E-state index contributed by atoms with van der Waals surface area (Å²) in [6, 6.07) is 7.57. The first-order valence-corrected chi connectivity index (χ1v) is 16.3. The maximum Gasteiger partial charge on any atom is 0.384 e. The molecular weight excluding hydrogens is 634 g/mol. The minimum Gasteiger partial charge on any atom is -0.478 e. The summed E-state index contributed by atoms with van der Waals surface area (Å²) in [6.07, 6.45) is -0.360. The highest BCUT2D eigenvalue weighted by Crippen LogP contribution is 2.44. The number of carboxylic acid groups (broad SMARTS) is 2. The second-order valence-electron chi connectivity index (χ2n) is 9.08. The van der Waals surface area contributed by atoms with Gasteiger partial charge < -0.3 is 21.7 Å². The molecule has 0 aliphatic heterocycles. The number of rotatable bonds is 10. The smallest absolute Gasteiger partial charge is 0.384 e. The van der Waals surface area contributed by atoms with E-state index in [4.69, 9.17) is 20.4 Å². The van der Waals surface area contributed by atoms with Crippen LogP contribution in [0.25, 0.3) is 33.1 Å². The third-order valence-electron chi connectivity index (χ3n) is 6.19. The molecule has 9 N–H and O–H groups in total. The lowest BCUT2D eigenvalue weighted by molar-refractivity contribution is 0.0682. The Labute approximate surface area is 243 Å². The molecule has 1 aromatic heterocycles. The van der Waals surface area contributed by atoms with Crippen LogP contribution in [0.15, 0.2) is 56.7 Å². The summed E-state index contributed by atoms with van der Waals surface area (Å²) in [5.41, 5.74) is 8.15. The first kappa shape index (κ1) is 31.5. The number of aromatic carboxylic acids is 2. The fourth-order valence-corrected chi connectivity index (χ4v) is 7.03. The molecule has 0 saturated heterocycles. The predicted octanol–water partition coefficient (Wildman–Crippen LogP) is 1.90. The van der Waals surface area contributed by atoms with Gasteiger partial charge in [-0.2, -0.15) is 16.8 Å². The largest absolute Gasteiger partial charge is 0.478 e. The Kier molecular flexibility index (Phi) is 8.08. The van der Waals surface area contributed by atoms with Crippen LogP contribution in [0.3, 0.4) is 0 Å². The van der Waals surface area contributed by atoms with Crippen LogP contribution in [0.4, 0.5) is 11.4 Å². The Morgan fingerprint density at radius 3 is 1.86 bits per heavy atom. The molecule has 43 heavy (non-hydrogen) atoms. The predicted molar refractivity (Wildman–Crippen MR) is 152 cm³/mol. The van der Waals surface area contributed by atoms with Gasteiger partial charge in [0.15, 0.2) is 0 Å². The van der Waals surface area contributed by atoms with Crippen molar-refractivity contribution in [2.24, 2.45) is 0 Å². The maximum atomic E-state index is 13.4. The van der Waals surface area contributed by atoms with Gasteiger partial charge in [0, 0.05) is 12.1 Å². The second-order valence-corrected chi connectivity index (χ2v) is 13.7. The van der Waals surface area contributed by atoms with Crippen molar-refractivity contribution in [2.75, 3.05) is 23.8 Å². The van der Waals surface area contributed by atoms with Gasteiger partial charge in [-0.25, -0.2) is 27.1 Å². The number of hydrogen-bond acceptors (Lipinski definition) is 10. The van der Waals surface area contributed by atoms with E-state index in [0.29, 0.717) is 0 Å². The van der Waals surface area contributed by atoms with Gasteiger partial charge in [0.2, 0.25) is 9.79 Å². The molecule has 0 atom stereocenters. The number of nitrogens with two attached hydrogens (primary N) is 2. The average molecular weight is 657 g/mol. The minimum atomic E-state index is -5.17. The number of fused-ring (bicyclic) bond motifs is 2. The number of nitrogen functional groups attached to an aromatic ring is 2. The normalized spacial score (nSPS) is 12.5. The van der Waals surface area contributed by atoms with Crippen LogP contribution in [-0.2, 0) is 30.3 Å². The summed E-state index contributed by atoms with van der Waals surface area (Å²) in [5.74, 6) is -3.76. The summed E-state index contributed by atoms with van der Waals surface area (Å²) in [4.78, 5) is 22.2. The van der Waals surface area contributed by atoms with E-state index in [1.54, 1.807) is 0 Å². The first-order chi connectivity index (χ1) is 19.8. The monoisotopic (exact) mass is 656 g/mol. The van der Waals surface area contributed by atoms with Crippen molar-refractivity contribution in [3.63, 3.8) is 0 Å². The quantitative estimate of drug-likeness (QED) is 0.0421. The van der Waals surface area contributed by atoms with Crippen molar-refractivity contribution in [1.82, 2.24) is 4.72 Å². The van der Waals surface area contributed by atoms with Gasteiger partial charge in [-0.3, -0.25) is 9.11 Å². The van der Waals surface area contributed by atoms with Gasteiger partial charge in [0.25, 0.3) is 20.1 Å². The van der Waals surface area contributed by atoms with Crippen LogP contribution in [0, 0.1) is 0 Å². The van der Waals surface area contributed by atoms with E-state index in [1.165, 1.54) is 12.1 Å². The zero-order valence-corrected chi connectivity index (χ0v) is 24.0. The van der Waals surface area contributed by atoms with Crippen LogP contribution in [0.2, 0.25) is 0 Å². The lowest BCUT2D eigenvalue weighted by atomic mass is 9.91. The molecule has 0 aliphatic rings. The molecule has 16 nitrogen and oxygen atoms in total. The SMILES string of the molecule is Nc1ccc2c(-c3cc(C(=O)O)ccc3C(=O)O)c3ccc(N)c(S(=O)(=O)NCCCS(=O)(=O)O)c3[o+]c2c1S(=O)(=O)O. The summed E-state index contributed by atoms with van der Waals surface area (Å²) >= 11 is 0. The molecule has 19 heteroatoms. The summed E-state index contributed by atoms with van der Waals surface area (Å²) < 4.78 is 100. The summed E-state index contributed by atoms with van der Waals surface area (Å²) in [7, 11) is -14.3. The number of benzene rings is 3. The number of anilines is 2. The van der Waals surface area contributed by atoms with Crippen LogP contribution < -0.4 is 16.2 Å². The molecule has 0 saturated carbocycles. The van der Waals surface area contributed by atoms with Gasteiger partial charge in [-0.1, -0.05) is 0 Å². The Morgan fingerprint density at radius 2 is 1.35 bits per heavy atom. The Bertz CT molecular complexity index is 2180. The van der Waals surface area contributed by atoms with Gasteiger partial charge in [-0.05, 0) is 54.4 Å². The van der Waals surface area contributed by atoms with Crippen molar-refractivity contribution < 1.29 is 58.6 Å². The molecule has 0 fully saturated rings. The zero-order chi connectivity index (χ0) is 32.1. The summed E-state index contributed by atoms with van der Waals surface area (Å²) in [5, 5.41) is 19.1. The lowest BCUT2D eigenvalue weighted by Gasteiger charge is -2.13. The second kappa shape index (κ2) is 11.0. The molecule has 0 amide bonds. The van der Waals surface area contributed by atoms with Crippen LogP contribution in [0.1, 0.15) is 27.1 Å². The molecule has 1 heterocycles. The Morgan fingerprint density at radius 1 is 0.791 bits per heavy atom. The van der Waals surface area contributed by atoms with E-state index in [0.717, 1.165) is 30.3 Å². The maximum absolute atomic E-state index is 13.4. The zero-order valence-electron chi connectivity index (χ0n) is 21.5. The van der Waals surface area contributed by atoms with Gasteiger partial charge in [0.05, 0.1) is 39.0 Å². The number of carboxylic acids is 2. The van der Waals surface area contributed by atoms with E-state index >= 15 is 0 Å². The van der Waals surface area contributed by atoms with Crippen LogP contribution in [0.5, 0.6) is 0 Å². The van der Waals surface area contributed by atoms with E-state index in [1.807, 2.05) is 0 Å². The van der Waals surface area contributed by atoms with Gasteiger partial charge >= 0.3 is 33.2 Å². The lowest BCUT2D eigenvalue weighted by Crippen LogP contribution is -2.27. The average Bonchev–Trinajstić information content (AvgIpc) is 2.87. The van der Waals surface area contributed by atoms with E-state index in [2.05, 4.69) is 4.72 Å². The molecular formula is C24H22N3O13S3+. The third kappa shape index (κ3) is 6.21. The number of hydrogen-bond donors (Lipinski definition) is 7. The van der Waals surface area contributed by atoms with Gasteiger partial charge in [-0.15, -0.1) is 0 Å². The highest BCUT2D eigenvalue weighted by atomic mass is 32.2. The number of nitrogens with one attached hydrogen (secondary N) is 1. The van der Waals surface area contributed by atoms with Gasteiger partial charge in [0.1, 0.15) is 0 Å². The van der Waals surface area contributed by atoms with Crippen molar-refractivity contribution in [3.05, 3.63) is 53.6 Å². The fraction of sp³-hybridized carbons (Fsp3) is 0.125. The third-order valence-corrected chi connectivity index (χ3v) is 9.48. The number of sulfonamides is 1. The van der Waals surface area contributed by atoms with E-state index in [9.17, 15) is 49.6 Å². The molecule has 4 rings (SSSR count). The van der Waals surface area contributed by atoms with Crippen molar-refractivity contribution in [3.8, 4) is 11.1 Å². The van der Waals surface area contributed by atoms with E-state index in [-0.39, 0.29) is 33.9 Å². The molecule has 4 aromatic rings. The van der Waals surface area contributed by atoms with E-state index < -0.39 is 92.4 Å². The van der Waals surface area contributed by atoms with Crippen LogP contribution in [-0.4, -0.2) is 68.8 Å². The fourth-order valence-electron chi connectivity index (χ4n) is 4.44. The van der Waals surface area contributed by atoms with Crippen molar-refractivity contribution >= 4 is 75.5 Å². The molecule has 0 spiro atoms. The molecule has 0 bridgehead atoms. The molecule has 0 radical (unpaired) electrons. The van der Waals surface area contributed by atoms with Crippen molar-refractivity contribution in [2.45, 2.75) is 16.2 Å². The highest BCUT2D eigenvalue weighted by molar-refractivity contribution is 7.90. The molecule has 0 aliphatic carbocycles. The first-order valence-electron chi connectivity index (χ1n) is 11.8. The number of carbonyl (C=O) groups is 2. The standard InChI is InChI=1S/C24H21N3O13S3/c25-16-6-4-13-18(15-10-11(23(28)29)2-3-12(15)24(30)31)14-5-7-17(26)22(43(37,38)39)20(14)40-19(13)21(16)42(35,36)27-8-1-9-41(32,33)34/h2-7,10,27H,1,8-9,25-26H2,(H3-,28,29,30,31,32,33,34,37,38,39)/p+1. The molecule has 3 aromatic carbocycles. The Hall–Kier alpha value is -4.40. The summed E-state index contributed by atoms with van der Waals surface area (Å²) in [6.45, 7) is -0.509. The Balaban J connectivity index is 2.20. The topological polar surface area (TPSA) is 293 Å². The molecule has 0 unspecified atom stereocenters. The van der Waals surface area contributed by atoms with Crippen molar-refractivity contribution in [1.29, 1.82) is 0 Å². The van der Waals surface area contributed by atoms with Crippen LogP contribution >= 0.6 is 0 Å². The minimum absolute atomic E-state index is 0.170. The molecule has 228 valence electrons. The highest BCUT2D eigenvalue weighted by Gasteiger charge is 2.36.